The quantitative estimate of drug-likeness (QED) is 0.655. The molecule has 0 spiro atoms. The predicted molar refractivity (Wildman–Crippen MR) is 49.0 cm³/mol. The molecule has 0 heterocycles. The van der Waals surface area contributed by atoms with Gasteiger partial charge in [-0.2, -0.15) is 0 Å². The highest BCUT2D eigenvalue weighted by atomic mass is 16.3. The number of aliphatic hydroxyl groups excluding tert-OH is 1. The van der Waals surface area contributed by atoms with Crippen molar-refractivity contribution in [1.82, 2.24) is 5.32 Å². The molecule has 2 aliphatic carbocycles. The molecule has 2 rings (SSSR count). The second kappa shape index (κ2) is 3.00. The molecular formula is C10H19NO. The monoisotopic (exact) mass is 169 g/mol. The van der Waals surface area contributed by atoms with Crippen LogP contribution in [0.1, 0.15) is 45.4 Å². The molecule has 2 saturated carbocycles. The van der Waals surface area contributed by atoms with Gasteiger partial charge in [0.05, 0.1) is 6.10 Å². The van der Waals surface area contributed by atoms with Gasteiger partial charge in [0.1, 0.15) is 0 Å². The third kappa shape index (κ3) is 1.80. The Kier molecular flexibility index (Phi) is 2.13. The summed E-state index contributed by atoms with van der Waals surface area (Å²) in [7, 11) is 0. The van der Waals surface area contributed by atoms with Crippen molar-refractivity contribution in [2.24, 2.45) is 0 Å². The predicted octanol–water partition coefficient (Wildman–Crippen LogP) is 1.43. The largest absolute Gasteiger partial charge is 0.392 e. The second-order valence-electron chi connectivity index (χ2n) is 4.66. The first-order valence-electron chi connectivity index (χ1n) is 5.15. The van der Waals surface area contributed by atoms with Crippen molar-refractivity contribution in [2.45, 2.75) is 63.1 Å². The fourth-order valence-electron chi connectivity index (χ4n) is 2.06. The van der Waals surface area contributed by atoms with Crippen molar-refractivity contribution in [3.63, 3.8) is 0 Å². The summed E-state index contributed by atoms with van der Waals surface area (Å²) in [5.41, 5.74) is 0.378. The molecule has 0 amide bonds. The van der Waals surface area contributed by atoms with E-state index in [4.69, 9.17) is 0 Å². The van der Waals surface area contributed by atoms with Gasteiger partial charge in [-0.1, -0.05) is 12.8 Å². The van der Waals surface area contributed by atoms with Crippen molar-refractivity contribution in [3.8, 4) is 0 Å². The van der Waals surface area contributed by atoms with E-state index in [9.17, 15) is 5.11 Å². The minimum Gasteiger partial charge on any atom is -0.392 e. The van der Waals surface area contributed by atoms with Gasteiger partial charge in [-0.3, -0.25) is 0 Å². The van der Waals surface area contributed by atoms with E-state index in [0.717, 1.165) is 12.8 Å². The summed E-state index contributed by atoms with van der Waals surface area (Å²) in [6.45, 7) is 2.26. The maximum atomic E-state index is 9.70. The van der Waals surface area contributed by atoms with Crippen LogP contribution in [0.2, 0.25) is 0 Å². The Bertz CT molecular complexity index is 165. The standard InChI is InChI=1S/C10H19NO/c1-10(6-7-10)11-8-4-2-3-5-9(8)12/h8-9,11-12H,2-7H2,1H3/t8-,9-/m1/s1. The molecule has 0 unspecified atom stereocenters. The van der Waals surface area contributed by atoms with Crippen molar-refractivity contribution in [1.29, 1.82) is 0 Å². The summed E-state index contributed by atoms with van der Waals surface area (Å²) in [6, 6.07) is 0.381. The van der Waals surface area contributed by atoms with Crippen LogP contribution >= 0.6 is 0 Å². The summed E-state index contributed by atoms with van der Waals surface area (Å²) >= 11 is 0. The summed E-state index contributed by atoms with van der Waals surface area (Å²) in [5, 5.41) is 13.3. The van der Waals surface area contributed by atoms with E-state index in [2.05, 4.69) is 12.2 Å². The Labute approximate surface area is 74.4 Å². The Morgan fingerprint density at radius 3 is 2.50 bits per heavy atom. The van der Waals surface area contributed by atoms with Gasteiger partial charge in [0.15, 0.2) is 0 Å². The summed E-state index contributed by atoms with van der Waals surface area (Å²) in [6.07, 6.45) is 7.13. The zero-order valence-corrected chi connectivity index (χ0v) is 7.84. The maximum absolute atomic E-state index is 9.70. The topological polar surface area (TPSA) is 32.3 Å². The highest BCUT2D eigenvalue weighted by molar-refractivity contribution is 5.01. The van der Waals surface area contributed by atoms with Crippen molar-refractivity contribution in [3.05, 3.63) is 0 Å². The fraction of sp³-hybridized carbons (Fsp3) is 1.00. The summed E-state index contributed by atoms with van der Waals surface area (Å²) < 4.78 is 0. The molecule has 0 aromatic rings. The van der Waals surface area contributed by atoms with Gasteiger partial charge < -0.3 is 10.4 Å². The molecule has 0 aliphatic heterocycles. The molecule has 70 valence electrons. The summed E-state index contributed by atoms with van der Waals surface area (Å²) in [4.78, 5) is 0. The van der Waals surface area contributed by atoms with E-state index >= 15 is 0 Å². The minimum absolute atomic E-state index is 0.0869. The van der Waals surface area contributed by atoms with Gasteiger partial charge in [0.2, 0.25) is 0 Å². The van der Waals surface area contributed by atoms with Crippen LogP contribution in [0, 0.1) is 0 Å². The molecule has 2 fully saturated rings. The zero-order valence-electron chi connectivity index (χ0n) is 7.84. The van der Waals surface area contributed by atoms with E-state index in [-0.39, 0.29) is 6.10 Å². The second-order valence-corrected chi connectivity index (χ2v) is 4.66. The highest BCUT2D eigenvalue weighted by Crippen LogP contribution is 2.36. The minimum atomic E-state index is -0.0869. The van der Waals surface area contributed by atoms with E-state index < -0.39 is 0 Å². The SMILES string of the molecule is CC1(N[C@@H]2CCCC[C@H]2O)CC1. The first-order valence-corrected chi connectivity index (χ1v) is 5.15. The van der Waals surface area contributed by atoms with Gasteiger partial charge in [-0.05, 0) is 32.6 Å². The molecule has 0 saturated heterocycles. The fourth-order valence-corrected chi connectivity index (χ4v) is 2.06. The van der Waals surface area contributed by atoms with Crippen LogP contribution in [0.25, 0.3) is 0 Å². The van der Waals surface area contributed by atoms with Gasteiger partial charge in [0, 0.05) is 11.6 Å². The van der Waals surface area contributed by atoms with Gasteiger partial charge in [-0.15, -0.1) is 0 Å². The van der Waals surface area contributed by atoms with Crippen LogP contribution < -0.4 is 5.32 Å². The molecular weight excluding hydrogens is 150 g/mol. The van der Waals surface area contributed by atoms with Gasteiger partial charge >= 0.3 is 0 Å². The van der Waals surface area contributed by atoms with E-state index in [1.54, 1.807) is 0 Å². The zero-order chi connectivity index (χ0) is 8.60. The number of rotatable bonds is 2. The molecule has 12 heavy (non-hydrogen) atoms. The van der Waals surface area contributed by atoms with E-state index in [1.807, 2.05) is 0 Å². The molecule has 2 heteroatoms. The van der Waals surface area contributed by atoms with Crippen molar-refractivity contribution < 1.29 is 5.11 Å². The Morgan fingerprint density at radius 2 is 1.92 bits per heavy atom. The maximum Gasteiger partial charge on any atom is 0.0693 e. The third-order valence-electron chi connectivity index (χ3n) is 3.26. The lowest BCUT2D eigenvalue weighted by molar-refractivity contribution is 0.0841. The lowest BCUT2D eigenvalue weighted by atomic mass is 9.92. The number of hydrogen-bond acceptors (Lipinski definition) is 2. The van der Waals surface area contributed by atoms with E-state index in [1.165, 1.54) is 25.7 Å². The van der Waals surface area contributed by atoms with Gasteiger partial charge in [0.25, 0.3) is 0 Å². The highest BCUT2D eigenvalue weighted by Gasteiger charge is 2.40. The van der Waals surface area contributed by atoms with Crippen LogP contribution in [-0.2, 0) is 0 Å². The van der Waals surface area contributed by atoms with Crippen LogP contribution in [-0.4, -0.2) is 22.8 Å². The molecule has 0 aromatic carbocycles. The molecule has 0 aromatic heterocycles. The third-order valence-corrected chi connectivity index (χ3v) is 3.26. The molecule has 2 nitrogen and oxygen atoms in total. The Balaban J connectivity index is 1.84. The molecule has 2 atom stereocenters. The number of nitrogens with one attached hydrogen (secondary N) is 1. The van der Waals surface area contributed by atoms with Gasteiger partial charge in [-0.25, -0.2) is 0 Å². The average molecular weight is 169 g/mol. The van der Waals surface area contributed by atoms with E-state index in [0.29, 0.717) is 11.6 Å². The smallest absolute Gasteiger partial charge is 0.0693 e. The summed E-state index contributed by atoms with van der Waals surface area (Å²) in [5.74, 6) is 0. The number of aliphatic hydroxyl groups is 1. The lowest BCUT2D eigenvalue weighted by Gasteiger charge is -2.31. The van der Waals surface area contributed by atoms with Crippen molar-refractivity contribution in [2.75, 3.05) is 0 Å². The molecule has 0 radical (unpaired) electrons. The average Bonchev–Trinajstić information content (AvgIpc) is 2.74. The first kappa shape index (κ1) is 8.52. The number of hydrogen-bond donors (Lipinski definition) is 2. The van der Waals surface area contributed by atoms with Crippen LogP contribution in [0.5, 0.6) is 0 Å². The van der Waals surface area contributed by atoms with Crippen LogP contribution in [0.3, 0.4) is 0 Å². The Morgan fingerprint density at radius 1 is 1.25 bits per heavy atom. The van der Waals surface area contributed by atoms with Crippen LogP contribution in [0.4, 0.5) is 0 Å². The molecule has 2 N–H and O–H groups in total. The lowest BCUT2D eigenvalue weighted by Crippen LogP contribution is -2.47. The van der Waals surface area contributed by atoms with Crippen molar-refractivity contribution >= 4 is 0 Å². The Hall–Kier alpha value is -0.0800. The molecule has 0 bridgehead atoms. The molecule has 2 aliphatic rings. The first-order chi connectivity index (χ1) is 5.70. The normalized spacial score (nSPS) is 39.5. The van der Waals surface area contributed by atoms with Crippen LogP contribution in [0.15, 0.2) is 0 Å².